The van der Waals surface area contributed by atoms with Gasteiger partial charge in [0.1, 0.15) is 12.1 Å². The van der Waals surface area contributed by atoms with Gasteiger partial charge in [-0.05, 0) is 53.9 Å². The molecule has 3 unspecified atom stereocenters. The van der Waals surface area contributed by atoms with Crippen LogP contribution in [0.1, 0.15) is 58.9 Å². The van der Waals surface area contributed by atoms with Crippen molar-refractivity contribution in [3.8, 4) is 0 Å². The third-order valence-electron chi connectivity index (χ3n) is 7.37. The zero-order valence-electron chi connectivity index (χ0n) is 23.9. The molecule has 5 N–H and O–H groups in total. The molecule has 1 fully saturated rings. The molecular weight excluding hydrogens is 492 g/mol. The van der Waals surface area contributed by atoms with Crippen LogP contribution in [0.4, 0.5) is 0 Å². The van der Waals surface area contributed by atoms with Crippen LogP contribution in [0.3, 0.4) is 0 Å². The Hall–Kier alpha value is -2.97. The molecule has 3 atom stereocenters. The Kier molecular flexibility index (Phi) is 11.3. The lowest BCUT2D eigenvalue weighted by Crippen LogP contribution is -2.55. The summed E-state index contributed by atoms with van der Waals surface area (Å²) in [7, 11) is 0. The van der Waals surface area contributed by atoms with Crippen LogP contribution in [-0.2, 0) is 20.8 Å². The van der Waals surface area contributed by atoms with Gasteiger partial charge in [0.2, 0.25) is 17.7 Å². The first-order valence-electron chi connectivity index (χ1n) is 14.3. The van der Waals surface area contributed by atoms with Crippen molar-refractivity contribution >= 4 is 28.5 Å². The lowest BCUT2D eigenvalue weighted by atomic mass is 9.88. The normalized spacial score (nSPS) is 17.2. The fourth-order valence-electron chi connectivity index (χ4n) is 5.48. The van der Waals surface area contributed by atoms with Gasteiger partial charge in [-0.15, -0.1) is 0 Å². The Bertz CT molecular complexity index is 1110. The number of carbonyl (C=O) groups excluding carboxylic acids is 3. The van der Waals surface area contributed by atoms with Crippen LogP contribution in [0.25, 0.3) is 10.8 Å². The summed E-state index contributed by atoms with van der Waals surface area (Å²) in [6, 6.07) is 12.5. The van der Waals surface area contributed by atoms with Crippen LogP contribution in [0.2, 0.25) is 0 Å². The van der Waals surface area contributed by atoms with E-state index < -0.39 is 24.1 Å². The molecule has 3 rings (SSSR count). The van der Waals surface area contributed by atoms with Crippen molar-refractivity contribution in [2.75, 3.05) is 19.6 Å². The minimum atomic E-state index is -0.868. The number of carbonyl (C=O) groups is 3. The maximum atomic E-state index is 13.6. The van der Waals surface area contributed by atoms with E-state index in [0.717, 1.165) is 35.6 Å². The van der Waals surface area contributed by atoms with E-state index in [-0.39, 0.29) is 37.2 Å². The summed E-state index contributed by atoms with van der Waals surface area (Å²) >= 11 is 0. The van der Waals surface area contributed by atoms with Crippen molar-refractivity contribution in [1.29, 1.82) is 0 Å². The fraction of sp³-hybridized carbons (Fsp3) is 0.581. The van der Waals surface area contributed by atoms with E-state index in [2.05, 4.69) is 38.3 Å². The predicted molar refractivity (Wildman–Crippen MR) is 155 cm³/mol. The molecule has 0 spiro atoms. The number of nitrogens with one attached hydrogen (secondary N) is 2. The van der Waals surface area contributed by atoms with Crippen molar-refractivity contribution < 1.29 is 19.5 Å². The highest BCUT2D eigenvalue weighted by Gasteiger charge is 2.38. The molecule has 3 amide bonds. The van der Waals surface area contributed by atoms with Gasteiger partial charge in [-0.2, -0.15) is 0 Å². The molecule has 0 bridgehead atoms. The van der Waals surface area contributed by atoms with Gasteiger partial charge in [0.15, 0.2) is 0 Å². The van der Waals surface area contributed by atoms with Gasteiger partial charge in [-0.25, -0.2) is 0 Å². The number of aliphatic hydroxyl groups excluding tert-OH is 1. The Labute approximate surface area is 232 Å². The van der Waals surface area contributed by atoms with E-state index in [1.165, 1.54) is 0 Å². The van der Waals surface area contributed by atoms with E-state index >= 15 is 0 Å². The number of benzene rings is 2. The van der Waals surface area contributed by atoms with Crippen LogP contribution in [0.5, 0.6) is 0 Å². The van der Waals surface area contributed by atoms with Gasteiger partial charge in [0.05, 0.1) is 6.10 Å². The van der Waals surface area contributed by atoms with Gasteiger partial charge in [0, 0.05) is 32.0 Å². The van der Waals surface area contributed by atoms with Crippen molar-refractivity contribution in [1.82, 2.24) is 15.5 Å². The molecule has 8 heteroatoms. The molecule has 2 aromatic rings. The third-order valence-corrected chi connectivity index (χ3v) is 7.37. The van der Waals surface area contributed by atoms with Crippen LogP contribution in [-0.4, -0.2) is 65.5 Å². The monoisotopic (exact) mass is 538 g/mol. The third kappa shape index (κ3) is 8.77. The Balaban J connectivity index is 1.78. The quantitative estimate of drug-likeness (QED) is 0.312. The van der Waals surface area contributed by atoms with Crippen molar-refractivity contribution in [3.63, 3.8) is 0 Å². The van der Waals surface area contributed by atoms with Crippen molar-refractivity contribution in [3.05, 3.63) is 48.0 Å². The second-order valence-electron chi connectivity index (χ2n) is 11.7. The number of nitrogens with two attached hydrogens (primary N) is 1. The maximum Gasteiger partial charge on any atom is 0.243 e. The molecule has 1 aliphatic heterocycles. The second-order valence-corrected chi connectivity index (χ2v) is 11.7. The molecule has 0 aliphatic carbocycles. The number of amides is 3. The first kappa shape index (κ1) is 30.6. The molecule has 8 nitrogen and oxygen atoms in total. The number of aliphatic hydroxyl groups is 1. The summed E-state index contributed by atoms with van der Waals surface area (Å²) in [5.74, 6) is -0.0196. The Morgan fingerprint density at radius 2 is 1.69 bits per heavy atom. The van der Waals surface area contributed by atoms with Gasteiger partial charge in [-0.1, -0.05) is 70.2 Å². The summed E-state index contributed by atoms with van der Waals surface area (Å²) in [6.07, 6.45) is 2.32. The van der Waals surface area contributed by atoms with E-state index in [4.69, 9.17) is 5.73 Å². The van der Waals surface area contributed by atoms with Crippen LogP contribution >= 0.6 is 0 Å². The minimum absolute atomic E-state index is 0.000448. The van der Waals surface area contributed by atoms with Gasteiger partial charge in [0.25, 0.3) is 0 Å². The van der Waals surface area contributed by atoms with Gasteiger partial charge >= 0.3 is 0 Å². The molecule has 0 aromatic heterocycles. The molecule has 0 radical (unpaired) electrons. The smallest absolute Gasteiger partial charge is 0.243 e. The average molecular weight is 539 g/mol. The lowest BCUT2D eigenvalue weighted by molar-refractivity contribution is -0.143. The topological polar surface area (TPSA) is 125 Å². The molecule has 2 aromatic carbocycles. The molecule has 1 heterocycles. The number of nitrogens with zero attached hydrogens (tertiary/aromatic N) is 1. The van der Waals surface area contributed by atoms with E-state index in [1.807, 2.05) is 42.5 Å². The number of rotatable bonds is 13. The summed E-state index contributed by atoms with van der Waals surface area (Å²) in [6.45, 7) is 9.04. The Morgan fingerprint density at radius 3 is 2.33 bits per heavy atom. The molecule has 1 aliphatic rings. The summed E-state index contributed by atoms with van der Waals surface area (Å²) in [4.78, 5) is 42.1. The maximum absolute atomic E-state index is 13.6. The molecule has 39 heavy (non-hydrogen) atoms. The highest BCUT2D eigenvalue weighted by atomic mass is 16.3. The largest absolute Gasteiger partial charge is 0.390 e. The molecule has 0 saturated carbocycles. The van der Waals surface area contributed by atoms with Crippen LogP contribution in [0, 0.1) is 17.8 Å². The number of fused-ring (bicyclic) bond motifs is 1. The highest BCUT2D eigenvalue weighted by molar-refractivity contribution is 5.93. The summed E-state index contributed by atoms with van der Waals surface area (Å²) < 4.78 is 0. The van der Waals surface area contributed by atoms with E-state index in [9.17, 15) is 19.5 Å². The SMILES string of the molecule is CC(C)CC(CC(C)C)C(=O)N1CCCC1C(=O)NC(Cc1ccc2ccccc2c1)C(=O)NCC(O)CN. The standard InChI is InChI=1S/C31H46N4O4/c1-20(2)14-25(15-21(3)4)31(39)35-13-7-10-28(35)30(38)34-27(29(37)33-19-26(36)18-32)17-22-11-12-23-8-5-6-9-24(23)16-22/h5-6,8-9,11-12,16,20-21,25-28,36H,7,10,13-15,17-19,32H2,1-4H3,(H,33,37)(H,34,38). The lowest BCUT2D eigenvalue weighted by Gasteiger charge is -2.31. The highest BCUT2D eigenvalue weighted by Crippen LogP contribution is 2.27. The van der Waals surface area contributed by atoms with Crippen molar-refractivity contribution in [2.24, 2.45) is 23.5 Å². The minimum Gasteiger partial charge on any atom is -0.390 e. The second kappa shape index (κ2) is 14.4. The zero-order valence-corrected chi connectivity index (χ0v) is 23.9. The van der Waals surface area contributed by atoms with Crippen molar-refractivity contribution in [2.45, 2.75) is 78.0 Å². The zero-order chi connectivity index (χ0) is 28.5. The average Bonchev–Trinajstić information content (AvgIpc) is 3.40. The molecule has 214 valence electrons. The van der Waals surface area contributed by atoms with Crippen LogP contribution in [0.15, 0.2) is 42.5 Å². The summed E-state index contributed by atoms with van der Waals surface area (Å²) in [5.41, 5.74) is 6.40. The summed E-state index contributed by atoms with van der Waals surface area (Å²) in [5, 5.41) is 17.7. The first-order valence-corrected chi connectivity index (χ1v) is 14.3. The van der Waals surface area contributed by atoms with Gasteiger partial charge < -0.3 is 26.4 Å². The van der Waals surface area contributed by atoms with Crippen LogP contribution < -0.4 is 16.4 Å². The number of hydrogen-bond donors (Lipinski definition) is 4. The fourth-order valence-corrected chi connectivity index (χ4v) is 5.48. The van der Waals surface area contributed by atoms with E-state index in [0.29, 0.717) is 24.8 Å². The molecule has 1 saturated heterocycles. The predicted octanol–water partition coefficient (Wildman–Crippen LogP) is 3.00. The number of likely N-dealkylation sites (tertiary alicyclic amines) is 1. The van der Waals surface area contributed by atoms with E-state index in [1.54, 1.807) is 4.90 Å². The van der Waals surface area contributed by atoms with Gasteiger partial charge in [-0.3, -0.25) is 14.4 Å². The molecular formula is C31H46N4O4. The number of hydrogen-bond acceptors (Lipinski definition) is 5. The first-order chi connectivity index (χ1) is 18.6. The Morgan fingerprint density at radius 1 is 1.03 bits per heavy atom.